The van der Waals surface area contributed by atoms with Crippen molar-refractivity contribution in [3.05, 3.63) is 35.6 Å². The number of rotatable bonds is 4. The van der Waals surface area contributed by atoms with Gasteiger partial charge in [0.1, 0.15) is 5.82 Å². The highest BCUT2D eigenvalue weighted by atomic mass is 19.1. The Morgan fingerprint density at radius 3 is 2.71 bits per heavy atom. The van der Waals surface area contributed by atoms with Gasteiger partial charge in [-0.1, -0.05) is 18.6 Å². The molecule has 2 aliphatic rings. The lowest BCUT2D eigenvalue weighted by atomic mass is 9.75. The highest BCUT2D eigenvalue weighted by Crippen LogP contribution is 2.37. The molecule has 0 spiro atoms. The Hall–Kier alpha value is -0.890. The molecular weight excluding hydrogens is 213 g/mol. The smallest absolute Gasteiger partial charge is 0.123 e. The summed E-state index contributed by atoms with van der Waals surface area (Å²) in [4.78, 5) is 0. The molecule has 1 nitrogen and oxygen atoms in total. The van der Waals surface area contributed by atoms with Gasteiger partial charge in [0.05, 0.1) is 0 Å². The Labute approximate surface area is 102 Å². The SMILES string of the molecule is Fc1cccc(C2CC(NCC3CCC3)C2)c1. The first-order valence-corrected chi connectivity index (χ1v) is 6.80. The molecule has 0 aromatic heterocycles. The zero-order valence-electron chi connectivity index (χ0n) is 10.2. The Kier molecular flexibility index (Phi) is 3.15. The zero-order valence-corrected chi connectivity index (χ0v) is 10.2. The first kappa shape index (κ1) is 11.2. The van der Waals surface area contributed by atoms with Gasteiger partial charge >= 0.3 is 0 Å². The van der Waals surface area contributed by atoms with Gasteiger partial charge in [0.15, 0.2) is 0 Å². The predicted octanol–water partition coefficient (Wildman–Crippen LogP) is 3.46. The summed E-state index contributed by atoms with van der Waals surface area (Å²) in [5.74, 6) is 1.40. The second kappa shape index (κ2) is 4.77. The van der Waals surface area contributed by atoms with Gasteiger partial charge in [-0.25, -0.2) is 4.39 Å². The third-order valence-corrected chi connectivity index (χ3v) is 4.38. The quantitative estimate of drug-likeness (QED) is 0.839. The minimum absolute atomic E-state index is 0.103. The Bertz CT molecular complexity index is 380. The van der Waals surface area contributed by atoms with Crippen molar-refractivity contribution >= 4 is 0 Å². The van der Waals surface area contributed by atoms with Crippen LogP contribution in [-0.4, -0.2) is 12.6 Å². The van der Waals surface area contributed by atoms with Gasteiger partial charge in [-0.15, -0.1) is 0 Å². The van der Waals surface area contributed by atoms with Crippen LogP contribution in [0.1, 0.15) is 43.6 Å². The molecule has 1 N–H and O–H groups in total. The monoisotopic (exact) mass is 233 g/mol. The van der Waals surface area contributed by atoms with E-state index < -0.39 is 0 Å². The fourth-order valence-electron chi connectivity index (χ4n) is 2.85. The molecule has 1 aromatic rings. The van der Waals surface area contributed by atoms with Crippen LogP contribution in [0.4, 0.5) is 4.39 Å². The van der Waals surface area contributed by atoms with Gasteiger partial charge in [-0.3, -0.25) is 0 Å². The van der Waals surface area contributed by atoms with E-state index in [1.807, 2.05) is 6.07 Å². The lowest BCUT2D eigenvalue weighted by molar-refractivity contribution is 0.237. The predicted molar refractivity (Wildman–Crippen MR) is 67.5 cm³/mol. The van der Waals surface area contributed by atoms with Gasteiger partial charge in [-0.05, 0) is 61.8 Å². The van der Waals surface area contributed by atoms with Crippen LogP contribution < -0.4 is 5.32 Å². The molecule has 0 radical (unpaired) electrons. The average molecular weight is 233 g/mol. The number of benzene rings is 1. The summed E-state index contributed by atoms with van der Waals surface area (Å²) in [5.41, 5.74) is 1.17. The van der Waals surface area contributed by atoms with Crippen LogP contribution >= 0.6 is 0 Å². The van der Waals surface area contributed by atoms with Crippen LogP contribution in [0.5, 0.6) is 0 Å². The molecule has 0 aliphatic heterocycles. The molecule has 92 valence electrons. The maximum absolute atomic E-state index is 13.1. The molecule has 0 heterocycles. The first-order chi connectivity index (χ1) is 8.31. The summed E-state index contributed by atoms with van der Waals surface area (Å²) < 4.78 is 13.1. The number of hydrogen-bond donors (Lipinski definition) is 1. The van der Waals surface area contributed by atoms with E-state index in [2.05, 4.69) is 11.4 Å². The summed E-state index contributed by atoms with van der Waals surface area (Å²) in [5, 5.41) is 3.64. The fraction of sp³-hybridized carbons (Fsp3) is 0.600. The minimum atomic E-state index is -0.103. The number of nitrogens with one attached hydrogen (secondary N) is 1. The summed E-state index contributed by atoms with van der Waals surface area (Å²) >= 11 is 0. The van der Waals surface area contributed by atoms with Crippen molar-refractivity contribution in [1.29, 1.82) is 0 Å². The molecule has 2 fully saturated rings. The third-order valence-electron chi connectivity index (χ3n) is 4.38. The summed E-state index contributed by atoms with van der Waals surface area (Å²) in [6.07, 6.45) is 6.59. The van der Waals surface area contributed by atoms with Gasteiger partial charge < -0.3 is 5.32 Å². The third kappa shape index (κ3) is 2.52. The van der Waals surface area contributed by atoms with Gasteiger partial charge in [0.2, 0.25) is 0 Å². The van der Waals surface area contributed by atoms with Crippen LogP contribution in [0.25, 0.3) is 0 Å². The van der Waals surface area contributed by atoms with Crippen molar-refractivity contribution in [3.63, 3.8) is 0 Å². The van der Waals surface area contributed by atoms with Crippen LogP contribution in [0.15, 0.2) is 24.3 Å². The van der Waals surface area contributed by atoms with Crippen molar-refractivity contribution in [2.45, 2.75) is 44.1 Å². The highest BCUT2D eigenvalue weighted by molar-refractivity contribution is 5.23. The molecule has 2 saturated carbocycles. The van der Waals surface area contributed by atoms with Crippen molar-refractivity contribution in [2.24, 2.45) is 5.92 Å². The van der Waals surface area contributed by atoms with E-state index in [-0.39, 0.29) is 5.82 Å². The second-order valence-corrected chi connectivity index (χ2v) is 5.63. The largest absolute Gasteiger partial charge is 0.314 e. The van der Waals surface area contributed by atoms with Crippen LogP contribution in [0.2, 0.25) is 0 Å². The molecule has 0 bridgehead atoms. The molecule has 2 aliphatic carbocycles. The van der Waals surface area contributed by atoms with E-state index in [1.165, 1.54) is 50.3 Å². The van der Waals surface area contributed by atoms with Crippen molar-refractivity contribution in [1.82, 2.24) is 5.32 Å². The topological polar surface area (TPSA) is 12.0 Å². The summed E-state index contributed by atoms with van der Waals surface area (Å²) in [6, 6.07) is 7.75. The molecule has 17 heavy (non-hydrogen) atoms. The molecule has 3 rings (SSSR count). The van der Waals surface area contributed by atoms with Gasteiger partial charge in [0.25, 0.3) is 0 Å². The van der Waals surface area contributed by atoms with E-state index in [0.29, 0.717) is 12.0 Å². The lowest BCUT2D eigenvalue weighted by Gasteiger charge is -2.38. The number of hydrogen-bond acceptors (Lipinski definition) is 1. The van der Waals surface area contributed by atoms with Gasteiger partial charge in [-0.2, -0.15) is 0 Å². The molecule has 1 aromatic carbocycles. The van der Waals surface area contributed by atoms with Crippen LogP contribution in [-0.2, 0) is 0 Å². The first-order valence-electron chi connectivity index (χ1n) is 6.80. The minimum Gasteiger partial charge on any atom is -0.314 e. The van der Waals surface area contributed by atoms with E-state index in [4.69, 9.17) is 0 Å². The van der Waals surface area contributed by atoms with Crippen molar-refractivity contribution in [3.8, 4) is 0 Å². The standard InChI is InChI=1S/C15H20FN/c16-14-6-2-5-12(7-14)13-8-15(9-13)17-10-11-3-1-4-11/h2,5-7,11,13,15,17H,1,3-4,8-10H2. The molecule has 0 saturated heterocycles. The summed E-state index contributed by atoms with van der Waals surface area (Å²) in [6.45, 7) is 1.19. The molecular formula is C15H20FN. The van der Waals surface area contributed by atoms with E-state index >= 15 is 0 Å². The highest BCUT2D eigenvalue weighted by Gasteiger charge is 2.30. The Morgan fingerprint density at radius 1 is 1.24 bits per heavy atom. The molecule has 0 atom stereocenters. The molecule has 0 unspecified atom stereocenters. The van der Waals surface area contributed by atoms with E-state index in [9.17, 15) is 4.39 Å². The molecule has 0 amide bonds. The second-order valence-electron chi connectivity index (χ2n) is 5.63. The van der Waals surface area contributed by atoms with Crippen molar-refractivity contribution < 1.29 is 4.39 Å². The lowest BCUT2D eigenvalue weighted by Crippen LogP contribution is -2.43. The zero-order chi connectivity index (χ0) is 11.7. The Balaban J connectivity index is 1.44. The fourth-order valence-corrected chi connectivity index (χ4v) is 2.85. The maximum Gasteiger partial charge on any atom is 0.123 e. The summed E-state index contributed by atoms with van der Waals surface area (Å²) in [7, 11) is 0. The van der Waals surface area contributed by atoms with Crippen LogP contribution in [0.3, 0.4) is 0 Å². The average Bonchev–Trinajstić information content (AvgIpc) is 2.18. The molecule has 2 heteroatoms. The van der Waals surface area contributed by atoms with Gasteiger partial charge in [0, 0.05) is 6.04 Å². The normalized spacial score (nSPS) is 28.5. The van der Waals surface area contributed by atoms with Crippen molar-refractivity contribution in [2.75, 3.05) is 6.54 Å². The van der Waals surface area contributed by atoms with Crippen LogP contribution in [0, 0.1) is 11.7 Å². The Morgan fingerprint density at radius 2 is 2.06 bits per heavy atom. The van der Waals surface area contributed by atoms with E-state index in [1.54, 1.807) is 6.07 Å². The maximum atomic E-state index is 13.1. The number of halogens is 1. The van der Waals surface area contributed by atoms with E-state index in [0.717, 1.165) is 5.92 Å².